The molecule has 0 amide bonds. The Morgan fingerprint density at radius 3 is 2.94 bits per heavy atom. The predicted octanol–water partition coefficient (Wildman–Crippen LogP) is 1.90. The summed E-state index contributed by atoms with van der Waals surface area (Å²) in [4.78, 5) is 20.5. The van der Waals surface area contributed by atoms with Crippen molar-refractivity contribution in [1.29, 1.82) is 0 Å². The fraction of sp³-hybridized carbons (Fsp3) is 0.250. The zero-order valence-electron chi connectivity index (χ0n) is 9.30. The summed E-state index contributed by atoms with van der Waals surface area (Å²) >= 11 is 0. The molecule has 0 aliphatic heterocycles. The summed E-state index contributed by atoms with van der Waals surface area (Å²) in [5.74, 6) is 5.20. The van der Waals surface area contributed by atoms with Gasteiger partial charge in [-0.1, -0.05) is 17.9 Å². The summed E-state index contributed by atoms with van der Waals surface area (Å²) < 4.78 is 4.69. The number of nitro groups is 1. The number of nitrogens with zero attached hydrogens (tertiary/aromatic N) is 1. The molecule has 1 aromatic carbocycles. The molecule has 0 radical (unpaired) electrons. The maximum atomic E-state index is 10.5. The van der Waals surface area contributed by atoms with Gasteiger partial charge in [0.05, 0.1) is 4.92 Å². The molecule has 0 N–H and O–H groups in total. The molecule has 0 unspecified atom stereocenters. The van der Waals surface area contributed by atoms with E-state index in [0.717, 1.165) is 0 Å². The number of hydrogen-bond acceptors (Lipinski definition) is 4. The standard InChI is InChI=1S/C12H11NO4/c1-10(14)17-8-3-2-5-11-6-4-7-12(9-11)13(15)16/h4,6-7,9H,3,8H2,1H3. The first-order valence-electron chi connectivity index (χ1n) is 4.96. The van der Waals surface area contributed by atoms with Crippen molar-refractivity contribution in [1.82, 2.24) is 0 Å². The fourth-order valence-corrected chi connectivity index (χ4v) is 1.11. The van der Waals surface area contributed by atoms with Crippen LogP contribution in [0.25, 0.3) is 0 Å². The lowest BCUT2D eigenvalue weighted by molar-refractivity contribution is -0.384. The van der Waals surface area contributed by atoms with Crippen molar-refractivity contribution >= 4 is 11.7 Å². The molecule has 0 bridgehead atoms. The molecule has 5 nitrogen and oxygen atoms in total. The lowest BCUT2D eigenvalue weighted by Gasteiger charge is -1.95. The van der Waals surface area contributed by atoms with Crippen LogP contribution in [0.3, 0.4) is 0 Å². The highest BCUT2D eigenvalue weighted by Crippen LogP contribution is 2.11. The Hall–Kier alpha value is -2.35. The van der Waals surface area contributed by atoms with E-state index in [2.05, 4.69) is 11.8 Å². The van der Waals surface area contributed by atoms with Crippen molar-refractivity contribution in [3.8, 4) is 11.8 Å². The van der Waals surface area contributed by atoms with Crippen molar-refractivity contribution in [2.45, 2.75) is 13.3 Å². The second-order valence-corrected chi connectivity index (χ2v) is 3.20. The third-order valence-electron chi connectivity index (χ3n) is 1.82. The molecular formula is C12H11NO4. The van der Waals surface area contributed by atoms with Crippen LogP contribution in [0.2, 0.25) is 0 Å². The maximum Gasteiger partial charge on any atom is 0.302 e. The van der Waals surface area contributed by atoms with E-state index in [1.165, 1.54) is 19.1 Å². The molecule has 0 spiro atoms. The van der Waals surface area contributed by atoms with Crippen molar-refractivity contribution in [2.24, 2.45) is 0 Å². The Morgan fingerprint density at radius 2 is 2.29 bits per heavy atom. The number of carbonyl (C=O) groups excluding carboxylic acids is 1. The number of carbonyl (C=O) groups is 1. The topological polar surface area (TPSA) is 69.4 Å². The molecule has 0 saturated carbocycles. The van der Waals surface area contributed by atoms with Crippen LogP contribution >= 0.6 is 0 Å². The van der Waals surface area contributed by atoms with Gasteiger partial charge in [0.25, 0.3) is 5.69 Å². The first kappa shape index (κ1) is 12.7. The normalized spacial score (nSPS) is 9.00. The zero-order valence-corrected chi connectivity index (χ0v) is 9.30. The highest BCUT2D eigenvalue weighted by Gasteiger charge is 2.03. The molecule has 0 atom stereocenters. The lowest BCUT2D eigenvalue weighted by atomic mass is 10.2. The van der Waals surface area contributed by atoms with Gasteiger partial charge in [-0.05, 0) is 6.07 Å². The average molecular weight is 233 g/mol. The largest absolute Gasteiger partial charge is 0.465 e. The van der Waals surface area contributed by atoms with Crippen molar-refractivity contribution in [2.75, 3.05) is 6.61 Å². The molecule has 0 aromatic heterocycles. The monoisotopic (exact) mass is 233 g/mol. The minimum absolute atomic E-state index is 0.0109. The zero-order chi connectivity index (χ0) is 12.7. The summed E-state index contributed by atoms with van der Waals surface area (Å²) in [6, 6.07) is 6.07. The molecule has 0 heterocycles. The minimum atomic E-state index is -0.468. The van der Waals surface area contributed by atoms with E-state index in [1.54, 1.807) is 12.1 Å². The van der Waals surface area contributed by atoms with Gasteiger partial charge in [-0.25, -0.2) is 0 Å². The maximum absolute atomic E-state index is 10.5. The number of esters is 1. The number of ether oxygens (including phenoxy) is 1. The third kappa shape index (κ3) is 4.80. The van der Waals surface area contributed by atoms with Gasteiger partial charge in [0.15, 0.2) is 0 Å². The van der Waals surface area contributed by atoms with Gasteiger partial charge in [0, 0.05) is 31.0 Å². The van der Waals surface area contributed by atoms with Gasteiger partial charge in [-0.2, -0.15) is 0 Å². The number of nitro benzene ring substituents is 1. The third-order valence-corrected chi connectivity index (χ3v) is 1.82. The minimum Gasteiger partial charge on any atom is -0.465 e. The number of benzene rings is 1. The van der Waals surface area contributed by atoms with Gasteiger partial charge in [-0.3, -0.25) is 14.9 Å². The Labute approximate surface area is 98.5 Å². The van der Waals surface area contributed by atoms with Crippen molar-refractivity contribution in [3.63, 3.8) is 0 Å². The number of rotatable bonds is 3. The SMILES string of the molecule is CC(=O)OCCC#Cc1cccc([N+](=O)[O-])c1. The molecule has 17 heavy (non-hydrogen) atoms. The molecular weight excluding hydrogens is 222 g/mol. The van der Waals surface area contributed by atoms with E-state index in [-0.39, 0.29) is 18.3 Å². The molecule has 88 valence electrons. The van der Waals surface area contributed by atoms with Crippen molar-refractivity contribution < 1.29 is 14.5 Å². The second-order valence-electron chi connectivity index (χ2n) is 3.20. The van der Waals surface area contributed by atoms with Crippen LogP contribution in [0, 0.1) is 22.0 Å². The van der Waals surface area contributed by atoms with E-state index in [9.17, 15) is 14.9 Å². The Bertz CT molecular complexity index is 485. The quantitative estimate of drug-likeness (QED) is 0.263. The highest BCUT2D eigenvalue weighted by molar-refractivity contribution is 5.65. The van der Waals surface area contributed by atoms with Gasteiger partial charge in [-0.15, -0.1) is 0 Å². The molecule has 0 aliphatic rings. The van der Waals surface area contributed by atoms with Gasteiger partial charge < -0.3 is 4.74 Å². The van der Waals surface area contributed by atoms with Crippen LogP contribution in [0.1, 0.15) is 18.9 Å². The van der Waals surface area contributed by atoms with Crippen LogP contribution < -0.4 is 0 Å². The van der Waals surface area contributed by atoms with E-state index < -0.39 is 4.92 Å². The molecule has 5 heteroatoms. The molecule has 0 fully saturated rings. The Kier molecular flexibility index (Phi) is 4.70. The van der Waals surface area contributed by atoms with Gasteiger partial charge >= 0.3 is 5.97 Å². The first-order valence-corrected chi connectivity index (χ1v) is 4.96. The van der Waals surface area contributed by atoms with Crippen LogP contribution in [-0.4, -0.2) is 17.5 Å². The number of hydrogen-bond donors (Lipinski definition) is 0. The van der Waals surface area contributed by atoms with Crippen LogP contribution in [-0.2, 0) is 9.53 Å². The van der Waals surface area contributed by atoms with Gasteiger partial charge in [0.2, 0.25) is 0 Å². The number of non-ortho nitro benzene ring substituents is 1. The second kappa shape index (κ2) is 6.28. The summed E-state index contributed by atoms with van der Waals surface area (Å²) in [7, 11) is 0. The molecule has 1 rings (SSSR count). The summed E-state index contributed by atoms with van der Waals surface area (Å²) in [6.45, 7) is 1.56. The smallest absolute Gasteiger partial charge is 0.302 e. The predicted molar refractivity (Wildman–Crippen MR) is 61.2 cm³/mol. The Balaban J connectivity index is 2.56. The first-order chi connectivity index (χ1) is 8.09. The van der Waals surface area contributed by atoms with Gasteiger partial charge in [0.1, 0.15) is 6.61 Å². The van der Waals surface area contributed by atoms with Crippen molar-refractivity contribution in [3.05, 3.63) is 39.9 Å². The van der Waals surface area contributed by atoms with E-state index in [0.29, 0.717) is 12.0 Å². The van der Waals surface area contributed by atoms with E-state index >= 15 is 0 Å². The molecule has 1 aromatic rings. The fourth-order valence-electron chi connectivity index (χ4n) is 1.11. The van der Waals surface area contributed by atoms with Crippen LogP contribution in [0.4, 0.5) is 5.69 Å². The summed E-state index contributed by atoms with van der Waals surface area (Å²) in [5, 5.41) is 10.5. The van der Waals surface area contributed by atoms with E-state index in [4.69, 9.17) is 4.74 Å². The van der Waals surface area contributed by atoms with Crippen LogP contribution in [0.5, 0.6) is 0 Å². The average Bonchev–Trinajstić information content (AvgIpc) is 2.28. The molecule has 0 saturated heterocycles. The Morgan fingerprint density at radius 1 is 1.53 bits per heavy atom. The lowest BCUT2D eigenvalue weighted by Crippen LogP contribution is -1.98. The van der Waals surface area contributed by atoms with Crippen LogP contribution in [0.15, 0.2) is 24.3 Å². The molecule has 0 aliphatic carbocycles. The van der Waals surface area contributed by atoms with E-state index in [1.807, 2.05) is 0 Å². The summed E-state index contributed by atoms with van der Waals surface area (Å²) in [6.07, 6.45) is 0.405. The highest BCUT2D eigenvalue weighted by atomic mass is 16.6. The summed E-state index contributed by atoms with van der Waals surface area (Å²) in [5.41, 5.74) is 0.582.